The molecule has 2 aromatic rings. The number of carbonyl (C=O) groups is 1. The standard InChI is InChI=1S/C18H23N5O2/c24-17-3-4-18(13-23(17)11-15-2-1-7-19-10-15)5-8-22(9-6-18)12-16-20-14-25-21-16/h1-2,7,10,14H,3-6,8-9,11-13H2. The van der Waals surface area contributed by atoms with E-state index in [0.29, 0.717) is 13.0 Å². The van der Waals surface area contributed by atoms with Crippen molar-refractivity contribution < 1.29 is 9.32 Å². The van der Waals surface area contributed by atoms with Crippen LogP contribution in [0.25, 0.3) is 0 Å². The molecule has 0 saturated carbocycles. The van der Waals surface area contributed by atoms with E-state index in [1.165, 1.54) is 6.39 Å². The molecule has 2 saturated heterocycles. The third-order valence-corrected chi connectivity index (χ3v) is 5.53. The number of hydrogen-bond donors (Lipinski definition) is 0. The molecule has 0 aromatic carbocycles. The quantitative estimate of drug-likeness (QED) is 0.845. The van der Waals surface area contributed by atoms with Crippen LogP contribution in [0.1, 0.15) is 37.1 Å². The third kappa shape index (κ3) is 3.71. The van der Waals surface area contributed by atoms with Gasteiger partial charge in [-0.1, -0.05) is 11.2 Å². The normalized spacial score (nSPS) is 21.0. The van der Waals surface area contributed by atoms with Gasteiger partial charge >= 0.3 is 0 Å². The van der Waals surface area contributed by atoms with Crippen LogP contribution in [-0.4, -0.2) is 50.5 Å². The molecule has 2 aliphatic heterocycles. The van der Waals surface area contributed by atoms with Crippen LogP contribution in [0.4, 0.5) is 0 Å². The molecule has 7 heteroatoms. The first-order valence-electron chi connectivity index (χ1n) is 8.87. The lowest BCUT2D eigenvalue weighted by Crippen LogP contribution is -2.51. The number of pyridine rings is 1. The predicted octanol–water partition coefficient (Wildman–Crippen LogP) is 1.87. The van der Waals surface area contributed by atoms with Crippen LogP contribution in [0, 0.1) is 5.41 Å². The number of piperidine rings is 2. The van der Waals surface area contributed by atoms with Crippen LogP contribution in [-0.2, 0) is 17.9 Å². The Hall–Kier alpha value is -2.28. The van der Waals surface area contributed by atoms with E-state index in [-0.39, 0.29) is 11.3 Å². The Morgan fingerprint density at radius 3 is 2.80 bits per heavy atom. The molecule has 1 amide bonds. The van der Waals surface area contributed by atoms with Crippen molar-refractivity contribution in [3.8, 4) is 0 Å². The number of likely N-dealkylation sites (tertiary alicyclic amines) is 2. The second-order valence-electron chi connectivity index (χ2n) is 7.23. The summed E-state index contributed by atoms with van der Waals surface area (Å²) >= 11 is 0. The van der Waals surface area contributed by atoms with Gasteiger partial charge in [0.05, 0.1) is 6.54 Å². The van der Waals surface area contributed by atoms with Crippen LogP contribution in [0.15, 0.2) is 35.4 Å². The van der Waals surface area contributed by atoms with E-state index < -0.39 is 0 Å². The number of nitrogens with zero attached hydrogens (tertiary/aromatic N) is 5. The number of carbonyl (C=O) groups excluding carboxylic acids is 1. The summed E-state index contributed by atoms with van der Waals surface area (Å²) in [5, 5.41) is 3.90. The molecule has 4 heterocycles. The second-order valence-corrected chi connectivity index (χ2v) is 7.23. The average Bonchev–Trinajstić information content (AvgIpc) is 3.15. The first kappa shape index (κ1) is 16.2. The van der Waals surface area contributed by atoms with Crippen molar-refractivity contribution in [2.75, 3.05) is 19.6 Å². The lowest BCUT2D eigenvalue weighted by molar-refractivity contribution is -0.140. The van der Waals surface area contributed by atoms with Gasteiger partial charge < -0.3 is 9.42 Å². The molecule has 25 heavy (non-hydrogen) atoms. The fraction of sp³-hybridized carbons (Fsp3) is 0.556. The van der Waals surface area contributed by atoms with Crippen molar-refractivity contribution in [3.63, 3.8) is 0 Å². The van der Waals surface area contributed by atoms with Crippen molar-refractivity contribution in [1.82, 2.24) is 24.9 Å². The summed E-state index contributed by atoms with van der Waals surface area (Å²) in [5.74, 6) is 1.01. The fourth-order valence-electron chi connectivity index (χ4n) is 4.01. The SMILES string of the molecule is O=C1CCC2(CCN(Cc3ncon3)CC2)CN1Cc1cccnc1. The number of amides is 1. The van der Waals surface area contributed by atoms with E-state index >= 15 is 0 Å². The van der Waals surface area contributed by atoms with Crippen molar-refractivity contribution in [2.24, 2.45) is 5.41 Å². The van der Waals surface area contributed by atoms with E-state index in [2.05, 4.69) is 20.0 Å². The van der Waals surface area contributed by atoms with Gasteiger partial charge in [-0.25, -0.2) is 0 Å². The third-order valence-electron chi connectivity index (χ3n) is 5.53. The molecule has 2 aromatic heterocycles. The molecule has 1 spiro atoms. The maximum Gasteiger partial charge on any atom is 0.222 e. The average molecular weight is 341 g/mol. The van der Waals surface area contributed by atoms with Crippen LogP contribution >= 0.6 is 0 Å². The summed E-state index contributed by atoms with van der Waals surface area (Å²) < 4.78 is 4.81. The minimum absolute atomic E-state index is 0.254. The molecule has 0 N–H and O–H groups in total. The van der Waals surface area contributed by atoms with E-state index in [1.54, 1.807) is 6.20 Å². The minimum atomic E-state index is 0.254. The monoisotopic (exact) mass is 341 g/mol. The van der Waals surface area contributed by atoms with Gasteiger partial charge in [0.15, 0.2) is 5.82 Å². The molecule has 132 valence electrons. The smallest absolute Gasteiger partial charge is 0.222 e. The number of rotatable bonds is 4. The highest BCUT2D eigenvalue weighted by atomic mass is 16.5. The largest absolute Gasteiger partial charge is 0.343 e. The summed E-state index contributed by atoms with van der Waals surface area (Å²) in [7, 11) is 0. The highest BCUT2D eigenvalue weighted by Crippen LogP contribution is 2.40. The number of hydrogen-bond acceptors (Lipinski definition) is 6. The summed E-state index contributed by atoms with van der Waals surface area (Å²) in [6, 6.07) is 3.96. The maximum atomic E-state index is 12.4. The summed E-state index contributed by atoms with van der Waals surface area (Å²) in [6.45, 7) is 4.30. The van der Waals surface area contributed by atoms with E-state index in [0.717, 1.165) is 56.8 Å². The zero-order valence-electron chi connectivity index (χ0n) is 14.3. The summed E-state index contributed by atoms with van der Waals surface area (Å²) in [6.07, 6.45) is 8.88. The molecule has 2 fully saturated rings. The van der Waals surface area contributed by atoms with Gasteiger partial charge in [-0.3, -0.25) is 14.7 Å². The van der Waals surface area contributed by atoms with Crippen LogP contribution in [0.2, 0.25) is 0 Å². The van der Waals surface area contributed by atoms with Gasteiger partial charge in [0.1, 0.15) is 0 Å². The van der Waals surface area contributed by atoms with Crippen LogP contribution < -0.4 is 0 Å². The fourth-order valence-corrected chi connectivity index (χ4v) is 4.01. The van der Waals surface area contributed by atoms with Crippen molar-refractivity contribution in [2.45, 2.75) is 38.8 Å². The molecule has 2 aliphatic rings. The van der Waals surface area contributed by atoms with Gasteiger partial charge in [-0.15, -0.1) is 0 Å². The Morgan fingerprint density at radius 1 is 1.20 bits per heavy atom. The van der Waals surface area contributed by atoms with Gasteiger partial charge in [-0.05, 0) is 49.4 Å². The summed E-state index contributed by atoms with van der Waals surface area (Å²) in [4.78, 5) is 25.0. The zero-order chi connectivity index (χ0) is 17.1. The molecule has 0 atom stereocenters. The number of aromatic nitrogens is 3. The van der Waals surface area contributed by atoms with Gasteiger partial charge in [-0.2, -0.15) is 4.98 Å². The van der Waals surface area contributed by atoms with Crippen LogP contribution in [0.3, 0.4) is 0 Å². The van der Waals surface area contributed by atoms with Gasteiger partial charge in [0.25, 0.3) is 0 Å². The van der Waals surface area contributed by atoms with Gasteiger partial charge in [0, 0.05) is 31.9 Å². The van der Waals surface area contributed by atoms with Crippen LogP contribution in [0.5, 0.6) is 0 Å². The first-order chi connectivity index (χ1) is 12.2. The second kappa shape index (κ2) is 6.92. The maximum absolute atomic E-state index is 12.4. The highest BCUT2D eigenvalue weighted by molar-refractivity contribution is 5.77. The Kier molecular flexibility index (Phi) is 4.48. The zero-order valence-corrected chi connectivity index (χ0v) is 14.3. The molecule has 0 unspecified atom stereocenters. The minimum Gasteiger partial charge on any atom is -0.343 e. The Bertz CT molecular complexity index is 696. The van der Waals surface area contributed by atoms with Gasteiger partial charge in [0.2, 0.25) is 12.3 Å². The molecular formula is C18H23N5O2. The molecule has 7 nitrogen and oxygen atoms in total. The Labute approximate surface area is 147 Å². The lowest BCUT2D eigenvalue weighted by Gasteiger charge is -2.47. The Balaban J connectivity index is 1.37. The van der Waals surface area contributed by atoms with E-state index in [9.17, 15) is 4.79 Å². The Morgan fingerprint density at radius 2 is 2.08 bits per heavy atom. The molecule has 0 bridgehead atoms. The molecular weight excluding hydrogens is 318 g/mol. The van der Waals surface area contributed by atoms with E-state index in [1.807, 2.05) is 23.2 Å². The first-order valence-corrected chi connectivity index (χ1v) is 8.87. The molecule has 0 radical (unpaired) electrons. The topological polar surface area (TPSA) is 75.4 Å². The molecule has 4 rings (SSSR count). The van der Waals surface area contributed by atoms with E-state index in [4.69, 9.17) is 4.52 Å². The van der Waals surface area contributed by atoms with Crippen molar-refractivity contribution in [1.29, 1.82) is 0 Å². The molecule has 0 aliphatic carbocycles. The van der Waals surface area contributed by atoms with Crippen molar-refractivity contribution >= 4 is 5.91 Å². The highest BCUT2D eigenvalue weighted by Gasteiger charge is 2.40. The van der Waals surface area contributed by atoms with Crippen molar-refractivity contribution in [3.05, 3.63) is 42.3 Å². The lowest BCUT2D eigenvalue weighted by atomic mass is 9.72. The predicted molar refractivity (Wildman–Crippen MR) is 90.1 cm³/mol. The summed E-state index contributed by atoms with van der Waals surface area (Å²) in [5.41, 5.74) is 1.35.